The van der Waals surface area contributed by atoms with E-state index in [2.05, 4.69) is 4.74 Å². The van der Waals surface area contributed by atoms with Gasteiger partial charge in [0.1, 0.15) is 18.3 Å². The molecule has 6 N–H and O–H groups in total. The summed E-state index contributed by atoms with van der Waals surface area (Å²) in [6, 6.07) is 0. The maximum absolute atomic E-state index is 10.7. The number of ether oxygens (including phenoxy) is 1. The molecule has 0 saturated carbocycles. The van der Waals surface area contributed by atoms with E-state index < -0.39 is 49.2 Å². The van der Waals surface area contributed by atoms with Crippen LogP contribution < -0.4 is 0 Å². The Balaban J connectivity index is 2.89. The largest absolute Gasteiger partial charge is 0.477 e. The van der Waals surface area contributed by atoms with Crippen molar-refractivity contribution < 1.29 is 40.2 Å². The zero-order valence-corrected chi connectivity index (χ0v) is 8.22. The van der Waals surface area contributed by atoms with Crippen LogP contribution in [-0.2, 0) is 9.53 Å². The summed E-state index contributed by atoms with van der Waals surface area (Å²) >= 11 is 0. The number of carbonyl (C=O) groups is 1. The van der Waals surface area contributed by atoms with Gasteiger partial charge in [-0.3, -0.25) is 0 Å². The summed E-state index contributed by atoms with van der Waals surface area (Å²) in [6.45, 7) is -0.801. The number of aliphatic hydroxyl groups excluding tert-OH is 4. The van der Waals surface area contributed by atoms with Crippen LogP contribution in [0.25, 0.3) is 0 Å². The molecule has 1 rings (SSSR count). The molecule has 2 unspecified atom stereocenters. The lowest BCUT2D eigenvalue weighted by molar-refractivity contribution is -0.308. The van der Waals surface area contributed by atoms with Gasteiger partial charge in [-0.2, -0.15) is 0 Å². The van der Waals surface area contributed by atoms with E-state index in [-0.39, 0.29) is 0 Å². The van der Waals surface area contributed by atoms with Crippen molar-refractivity contribution in [3.63, 3.8) is 0 Å². The molecular formula is C8H14O8. The predicted molar refractivity (Wildman–Crippen MR) is 47.2 cm³/mol. The molecule has 5 atom stereocenters. The van der Waals surface area contributed by atoms with Gasteiger partial charge in [-0.25, -0.2) is 4.79 Å². The van der Waals surface area contributed by atoms with Gasteiger partial charge in [0.05, 0.1) is 12.7 Å². The Hall–Kier alpha value is -0.770. The van der Waals surface area contributed by atoms with Crippen molar-refractivity contribution in [1.82, 2.24) is 0 Å². The minimum Gasteiger partial charge on any atom is -0.477 e. The summed E-state index contributed by atoms with van der Waals surface area (Å²) in [5.74, 6) is -4.42. The zero-order chi connectivity index (χ0) is 12.5. The summed E-state index contributed by atoms with van der Waals surface area (Å²) in [6.07, 6.45) is -7.05. The fourth-order valence-corrected chi connectivity index (χ4v) is 1.51. The summed E-state index contributed by atoms with van der Waals surface area (Å²) < 4.78 is 4.61. The van der Waals surface area contributed by atoms with E-state index in [9.17, 15) is 25.2 Å². The van der Waals surface area contributed by atoms with Crippen LogP contribution in [0.15, 0.2) is 0 Å². The maximum atomic E-state index is 10.7. The van der Waals surface area contributed by atoms with E-state index >= 15 is 0 Å². The first-order chi connectivity index (χ1) is 7.31. The summed E-state index contributed by atoms with van der Waals surface area (Å²) in [5, 5.41) is 54.7. The van der Waals surface area contributed by atoms with E-state index in [0.29, 0.717) is 0 Å². The average molecular weight is 238 g/mol. The fraction of sp³-hybridized carbons (Fsp3) is 0.875. The zero-order valence-electron chi connectivity index (χ0n) is 8.22. The minimum absolute atomic E-state index is 0.724. The fourth-order valence-electron chi connectivity index (χ4n) is 1.51. The third-order valence-electron chi connectivity index (χ3n) is 2.45. The van der Waals surface area contributed by atoms with Crippen molar-refractivity contribution in [2.45, 2.75) is 36.6 Å². The van der Waals surface area contributed by atoms with Crippen LogP contribution in [0.3, 0.4) is 0 Å². The van der Waals surface area contributed by atoms with Crippen molar-refractivity contribution in [1.29, 1.82) is 0 Å². The molecule has 1 fully saturated rings. The van der Waals surface area contributed by atoms with Crippen LogP contribution in [0.1, 0.15) is 6.42 Å². The van der Waals surface area contributed by atoms with Crippen LogP contribution in [0, 0.1) is 0 Å². The number of hydrogen-bond donors (Lipinski definition) is 6. The van der Waals surface area contributed by atoms with Gasteiger partial charge in [0.25, 0.3) is 5.79 Å². The lowest BCUT2D eigenvalue weighted by Crippen LogP contribution is -2.61. The molecule has 16 heavy (non-hydrogen) atoms. The van der Waals surface area contributed by atoms with E-state index in [4.69, 9.17) is 10.2 Å². The summed E-state index contributed by atoms with van der Waals surface area (Å²) in [4.78, 5) is 10.7. The number of aliphatic hydroxyl groups is 5. The Bertz CT molecular complexity index is 269. The molecule has 0 spiro atoms. The normalized spacial score (nSPS) is 41.7. The first-order valence-electron chi connectivity index (χ1n) is 4.60. The molecule has 0 bridgehead atoms. The highest BCUT2D eigenvalue weighted by atomic mass is 16.7. The van der Waals surface area contributed by atoms with Crippen LogP contribution in [0.5, 0.6) is 0 Å². The van der Waals surface area contributed by atoms with Gasteiger partial charge in [0.15, 0.2) is 0 Å². The molecule has 0 aromatic heterocycles. The molecule has 1 saturated heterocycles. The second kappa shape index (κ2) is 4.62. The van der Waals surface area contributed by atoms with Crippen molar-refractivity contribution in [2.75, 3.05) is 6.61 Å². The summed E-state index contributed by atoms with van der Waals surface area (Å²) in [5.41, 5.74) is 0. The van der Waals surface area contributed by atoms with Crippen LogP contribution in [0.4, 0.5) is 0 Å². The molecule has 0 aromatic carbocycles. The van der Waals surface area contributed by atoms with Crippen LogP contribution in [-0.4, -0.2) is 73.4 Å². The Morgan fingerprint density at radius 2 is 2.06 bits per heavy atom. The number of hydrogen-bond acceptors (Lipinski definition) is 7. The molecule has 1 aliphatic rings. The molecule has 8 heteroatoms. The first kappa shape index (κ1) is 13.3. The smallest absolute Gasteiger partial charge is 0.364 e. The Morgan fingerprint density at radius 1 is 1.50 bits per heavy atom. The van der Waals surface area contributed by atoms with E-state index in [0.717, 1.165) is 0 Å². The number of aliphatic carboxylic acids is 1. The lowest BCUT2D eigenvalue weighted by Gasteiger charge is -2.41. The Labute approximate surface area is 90.3 Å². The van der Waals surface area contributed by atoms with Crippen molar-refractivity contribution in [3.05, 3.63) is 0 Å². The highest BCUT2D eigenvalue weighted by molar-refractivity contribution is 5.75. The summed E-state index contributed by atoms with van der Waals surface area (Å²) in [7, 11) is 0. The predicted octanol–water partition coefficient (Wildman–Crippen LogP) is -3.38. The van der Waals surface area contributed by atoms with Gasteiger partial charge in [0, 0.05) is 6.42 Å². The van der Waals surface area contributed by atoms with Crippen LogP contribution >= 0.6 is 0 Å². The van der Waals surface area contributed by atoms with Gasteiger partial charge in [0.2, 0.25) is 0 Å². The molecule has 0 radical (unpaired) electrons. The van der Waals surface area contributed by atoms with Crippen LogP contribution in [0.2, 0.25) is 0 Å². The third-order valence-corrected chi connectivity index (χ3v) is 2.45. The highest BCUT2D eigenvalue weighted by Gasteiger charge is 2.52. The Morgan fingerprint density at radius 3 is 2.50 bits per heavy atom. The number of carboxylic acids is 1. The molecule has 0 aliphatic carbocycles. The van der Waals surface area contributed by atoms with Crippen molar-refractivity contribution >= 4 is 5.97 Å². The standard InChI is InChI=1S/C8H14O8/c9-2-4(11)6-5(12)3(10)1-8(15,16-6)7(13)14/h3-6,9-12,15H,1-2H2,(H,13,14)/t3-,4?,5-,6-,8?/m1/s1. The molecular weight excluding hydrogens is 224 g/mol. The van der Waals surface area contributed by atoms with E-state index in [1.165, 1.54) is 0 Å². The third kappa shape index (κ3) is 2.32. The first-order valence-corrected chi connectivity index (χ1v) is 4.60. The molecule has 0 amide bonds. The second-order valence-electron chi connectivity index (χ2n) is 3.68. The molecule has 94 valence electrons. The molecule has 0 aromatic rings. The minimum atomic E-state index is -2.68. The van der Waals surface area contributed by atoms with Crippen molar-refractivity contribution in [2.24, 2.45) is 0 Å². The second-order valence-corrected chi connectivity index (χ2v) is 3.68. The number of rotatable bonds is 3. The Kier molecular flexibility index (Phi) is 3.84. The molecule has 8 nitrogen and oxygen atoms in total. The van der Waals surface area contributed by atoms with Gasteiger partial charge >= 0.3 is 5.97 Å². The van der Waals surface area contributed by atoms with E-state index in [1.54, 1.807) is 0 Å². The average Bonchev–Trinajstić information content (AvgIpc) is 2.22. The molecule has 1 heterocycles. The van der Waals surface area contributed by atoms with Gasteiger partial charge < -0.3 is 35.4 Å². The van der Waals surface area contributed by atoms with Crippen molar-refractivity contribution in [3.8, 4) is 0 Å². The van der Waals surface area contributed by atoms with E-state index in [1.807, 2.05) is 0 Å². The monoisotopic (exact) mass is 238 g/mol. The lowest BCUT2D eigenvalue weighted by atomic mass is 9.93. The number of carboxylic acid groups (broad SMARTS) is 1. The topological polar surface area (TPSA) is 148 Å². The maximum Gasteiger partial charge on any atom is 0.364 e. The van der Waals surface area contributed by atoms with Gasteiger partial charge in [-0.15, -0.1) is 0 Å². The SMILES string of the molecule is O=C(O)C1(O)C[C@@H](O)[C@@H](O)[C@@H](C(O)CO)O1. The van der Waals surface area contributed by atoms with Gasteiger partial charge in [-0.1, -0.05) is 0 Å². The highest BCUT2D eigenvalue weighted by Crippen LogP contribution is 2.29. The van der Waals surface area contributed by atoms with Gasteiger partial charge in [-0.05, 0) is 0 Å². The quantitative estimate of drug-likeness (QED) is 0.298. The molecule has 1 aliphatic heterocycles.